The molecule has 1 aliphatic rings. The second-order valence-corrected chi connectivity index (χ2v) is 6.53. The molecule has 1 saturated heterocycles. The fraction of sp³-hybridized carbons (Fsp3) is 0.136. The Balaban J connectivity index is 1.69. The SMILES string of the molecule is COc1ccc(N2C(=O)[C@@H](Oc3ccccc3[N+](=O)[O-])[C@@H]2c2ccccc2)cc1. The normalized spacial score (nSPS) is 18.1. The number of nitrogens with zero attached hydrogens (tertiary/aromatic N) is 2. The van der Waals surface area contributed by atoms with Crippen molar-refractivity contribution >= 4 is 17.3 Å². The van der Waals surface area contributed by atoms with Crippen molar-refractivity contribution in [2.45, 2.75) is 12.1 Å². The Morgan fingerprint density at radius 3 is 2.24 bits per heavy atom. The van der Waals surface area contributed by atoms with Gasteiger partial charge >= 0.3 is 5.69 Å². The zero-order chi connectivity index (χ0) is 20.4. The monoisotopic (exact) mass is 390 g/mol. The Morgan fingerprint density at radius 1 is 0.931 bits per heavy atom. The van der Waals surface area contributed by atoms with Crippen LogP contribution in [0, 0.1) is 10.1 Å². The Hall–Kier alpha value is -3.87. The molecule has 0 saturated carbocycles. The molecule has 146 valence electrons. The van der Waals surface area contributed by atoms with Gasteiger partial charge < -0.3 is 9.47 Å². The highest BCUT2D eigenvalue weighted by Crippen LogP contribution is 2.42. The summed E-state index contributed by atoms with van der Waals surface area (Å²) in [7, 11) is 1.58. The molecule has 1 amide bonds. The zero-order valence-electron chi connectivity index (χ0n) is 15.6. The summed E-state index contributed by atoms with van der Waals surface area (Å²) in [6.07, 6.45) is -0.861. The third-order valence-electron chi connectivity index (χ3n) is 4.85. The number of rotatable bonds is 6. The number of carbonyl (C=O) groups excluding carboxylic acids is 1. The van der Waals surface area contributed by atoms with Gasteiger partial charge in [0.1, 0.15) is 11.8 Å². The van der Waals surface area contributed by atoms with Crippen LogP contribution in [-0.2, 0) is 4.79 Å². The summed E-state index contributed by atoms with van der Waals surface area (Å²) in [5, 5.41) is 11.3. The van der Waals surface area contributed by atoms with Gasteiger partial charge in [-0.1, -0.05) is 42.5 Å². The summed E-state index contributed by atoms with van der Waals surface area (Å²) >= 11 is 0. The smallest absolute Gasteiger partial charge is 0.310 e. The van der Waals surface area contributed by atoms with Crippen LogP contribution in [0.1, 0.15) is 11.6 Å². The summed E-state index contributed by atoms with van der Waals surface area (Å²) in [5.41, 5.74) is 1.41. The van der Waals surface area contributed by atoms with Crippen LogP contribution in [0.4, 0.5) is 11.4 Å². The number of amides is 1. The van der Waals surface area contributed by atoms with Gasteiger partial charge in [0.25, 0.3) is 5.91 Å². The van der Waals surface area contributed by atoms with E-state index in [2.05, 4.69) is 0 Å². The van der Waals surface area contributed by atoms with Crippen LogP contribution in [0.15, 0.2) is 78.9 Å². The van der Waals surface area contributed by atoms with Gasteiger partial charge in [-0.3, -0.25) is 19.8 Å². The van der Waals surface area contributed by atoms with Crippen LogP contribution in [0.25, 0.3) is 0 Å². The fourth-order valence-electron chi connectivity index (χ4n) is 3.43. The molecular weight excluding hydrogens is 372 g/mol. The molecule has 0 unspecified atom stereocenters. The lowest BCUT2D eigenvalue weighted by molar-refractivity contribution is -0.386. The Morgan fingerprint density at radius 2 is 1.59 bits per heavy atom. The molecule has 0 aliphatic carbocycles. The topological polar surface area (TPSA) is 81.9 Å². The molecule has 7 heteroatoms. The first-order chi connectivity index (χ1) is 14.1. The zero-order valence-corrected chi connectivity index (χ0v) is 15.6. The average molecular weight is 390 g/mol. The van der Waals surface area contributed by atoms with Crippen molar-refractivity contribution in [1.29, 1.82) is 0 Å². The molecule has 2 atom stereocenters. The van der Waals surface area contributed by atoms with Gasteiger partial charge in [0.05, 0.1) is 12.0 Å². The van der Waals surface area contributed by atoms with E-state index >= 15 is 0 Å². The number of nitro benzene ring substituents is 1. The molecule has 1 heterocycles. The minimum Gasteiger partial charge on any atom is -0.497 e. The molecule has 1 fully saturated rings. The van der Waals surface area contributed by atoms with Crippen molar-refractivity contribution in [3.63, 3.8) is 0 Å². The van der Waals surface area contributed by atoms with E-state index in [1.807, 2.05) is 30.3 Å². The van der Waals surface area contributed by atoms with Crippen molar-refractivity contribution < 1.29 is 19.2 Å². The first-order valence-corrected chi connectivity index (χ1v) is 9.02. The average Bonchev–Trinajstić information content (AvgIpc) is 2.76. The molecule has 4 rings (SSSR count). The van der Waals surface area contributed by atoms with Gasteiger partial charge in [-0.25, -0.2) is 0 Å². The molecule has 0 aromatic heterocycles. The number of methoxy groups -OCH3 is 1. The summed E-state index contributed by atoms with van der Waals surface area (Å²) in [6, 6.07) is 22.3. The standard InChI is InChI=1S/C22H18N2O5/c1-28-17-13-11-16(12-14-17)23-20(15-7-3-2-4-8-15)21(22(23)25)29-19-10-6-5-9-18(19)24(26)27/h2-14,20-21H,1H3/t20-,21-/m0/s1. The van der Waals surface area contributed by atoms with E-state index in [0.29, 0.717) is 11.4 Å². The lowest BCUT2D eigenvalue weighted by atomic mass is 9.89. The first kappa shape index (κ1) is 18.5. The maximum Gasteiger partial charge on any atom is 0.310 e. The quantitative estimate of drug-likeness (QED) is 0.359. The lowest BCUT2D eigenvalue weighted by Gasteiger charge is -2.46. The van der Waals surface area contributed by atoms with E-state index in [1.54, 1.807) is 48.4 Å². The maximum atomic E-state index is 13.0. The van der Waals surface area contributed by atoms with E-state index in [-0.39, 0.29) is 17.3 Å². The molecule has 7 nitrogen and oxygen atoms in total. The van der Waals surface area contributed by atoms with E-state index in [4.69, 9.17) is 9.47 Å². The highest BCUT2D eigenvalue weighted by molar-refractivity contribution is 6.05. The predicted molar refractivity (Wildman–Crippen MR) is 107 cm³/mol. The molecule has 0 N–H and O–H groups in total. The molecule has 1 aliphatic heterocycles. The van der Waals surface area contributed by atoms with E-state index in [0.717, 1.165) is 5.56 Å². The number of hydrogen-bond acceptors (Lipinski definition) is 5. The number of para-hydroxylation sites is 2. The minimum absolute atomic E-state index is 0.0752. The number of β-lactam (4-membered cyclic amide) rings is 1. The van der Waals surface area contributed by atoms with Crippen LogP contribution in [0.5, 0.6) is 11.5 Å². The van der Waals surface area contributed by atoms with Crippen molar-refractivity contribution in [3.8, 4) is 11.5 Å². The molecule has 0 bridgehead atoms. The number of anilines is 1. The highest BCUT2D eigenvalue weighted by Gasteiger charge is 2.51. The van der Waals surface area contributed by atoms with Gasteiger partial charge in [-0.15, -0.1) is 0 Å². The number of benzene rings is 3. The van der Waals surface area contributed by atoms with E-state index < -0.39 is 17.1 Å². The number of carbonyl (C=O) groups is 1. The number of hydrogen-bond donors (Lipinski definition) is 0. The molecule has 29 heavy (non-hydrogen) atoms. The van der Waals surface area contributed by atoms with Crippen molar-refractivity contribution in [3.05, 3.63) is 94.5 Å². The second-order valence-electron chi connectivity index (χ2n) is 6.53. The fourth-order valence-corrected chi connectivity index (χ4v) is 3.43. The van der Waals surface area contributed by atoms with Gasteiger partial charge in [0.15, 0.2) is 5.75 Å². The van der Waals surface area contributed by atoms with Crippen LogP contribution in [-0.4, -0.2) is 24.0 Å². The third-order valence-corrected chi connectivity index (χ3v) is 4.85. The van der Waals surface area contributed by atoms with E-state index in [9.17, 15) is 14.9 Å². The van der Waals surface area contributed by atoms with Crippen molar-refractivity contribution in [2.24, 2.45) is 0 Å². The number of nitro groups is 1. The Bertz CT molecular complexity index is 1040. The van der Waals surface area contributed by atoms with Crippen LogP contribution in [0.2, 0.25) is 0 Å². The lowest BCUT2D eigenvalue weighted by Crippen LogP contribution is -2.61. The van der Waals surface area contributed by atoms with Crippen molar-refractivity contribution in [1.82, 2.24) is 0 Å². The summed E-state index contributed by atoms with van der Waals surface area (Å²) in [6.45, 7) is 0. The summed E-state index contributed by atoms with van der Waals surface area (Å²) < 4.78 is 11.0. The van der Waals surface area contributed by atoms with Gasteiger partial charge in [0.2, 0.25) is 6.10 Å². The predicted octanol–water partition coefficient (Wildman–Crippen LogP) is 4.14. The number of ether oxygens (including phenoxy) is 2. The third kappa shape index (κ3) is 3.38. The maximum absolute atomic E-state index is 13.0. The minimum atomic E-state index is -0.861. The summed E-state index contributed by atoms with van der Waals surface area (Å²) in [5.74, 6) is 0.499. The van der Waals surface area contributed by atoms with Crippen molar-refractivity contribution in [2.75, 3.05) is 12.0 Å². The molecule has 3 aromatic rings. The Labute approximate surface area is 167 Å². The van der Waals surface area contributed by atoms with Crippen LogP contribution in [0.3, 0.4) is 0 Å². The summed E-state index contributed by atoms with van der Waals surface area (Å²) in [4.78, 5) is 25.4. The van der Waals surface area contributed by atoms with Crippen LogP contribution < -0.4 is 14.4 Å². The molecular formula is C22H18N2O5. The molecule has 3 aromatic carbocycles. The molecule has 0 radical (unpaired) electrons. The largest absolute Gasteiger partial charge is 0.497 e. The molecule has 0 spiro atoms. The second kappa shape index (κ2) is 7.63. The first-order valence-electron chi connectivity index (χ1n) is 9.02. The van der Waals surface area contributed by atoms with E-state index in [1.165, 1.54) is 12.1 Å². The highest BCUT2D eigenvalue weighted by atomic mass is 16.6. The van der Waals surface area contributed by atoms with Gasteiger partial charge in [-0.2, -0.15) is 0 Å². The Kier molecular flexibility index (Phi) is 4.87. The van der Waals surface area contributed by atoms with Gasteiger partial charge in [0, 0.05) is 11.8 Å². The van der Waals surface area contributed by atoms with Gasteiger partial charge in [-0.05, 0) is 35.9 Å². The van der Waals surface area contributed by atoms with Crippen LogP contribution >= 0.6 is 0 Å².